The molecule has 5 nitrogen and oxygen atoms in total. The van der Waals surface area contributed by atoms with Gasteiger partial charge >= 0.3 is 0 Å². The fourth-order valence-electron chi connectivity index (χ4n) is 3.70. The molecule has 0 spiro atoms. The maximum Gasteiger partial charge on any atom is 0.240 e. The second kappa shape index (κ2) is 8.87. The number of benzene rings is 1. The average molecular weight is 343 g/mol. The van der Waals surface area contributed by atoms with Crippen LogP contribution in [0.5, 0.6) is 5.75 Å². The van der Waals surface area contributed by atoms with Gasteiger partial charge in [0.25, 0.3) is 0 Å². The Labute approximate surface area is 151 Å². The van der Waals surface area contributed by atoms with E-state index < -0.39 is 5.41 Å². The summed E-state index contributed by atoms with van der Waals surface area (Å²) in [6, 6.07) is 10.3. The molecule has 1 fully saturated rings. The molecule has 5 heteroatoms. The van der Waals surface area contributed by atoms with E-state index in [2.05, 4.69) is 36.2 Å². The van der Waals surface area contributed by atoms with Crippen LogP contribution in [0.4, 0.5) is 0 Å². The zero-order valence-corrected chi connectivity index (χ0v) is 15.5. The van der Waals surface area contributed by atoms with Crippen molar-refractivity contribution in [3.63, 3.8) is 0 Å². The smallest absolute Gasteiger partial charge is 0.240 e. The summed E-state index contributed by atoms with van der Waals surface area (Å²) in [5, 5.41) is 12.6. The molecule has 1 aromatic rings. The number of nitriles is 1. The lowest BCUT2D eigenvalue weighted by atomic mass is 9.87. The maximum absolute atomic E-state index is 12.7. The van der Waals surface area contributed by atoms with Crippen molar-refractivity contribution in [3.8, 4) is 11.8 Å². The summed E-state index contributed by atoms with van der Waals surface area (Å²) in [6.45, 7) is 6.50. The minimum Gasteiger partial charge on any atom is -0.497 e. The highest BCUT2D eigenvalue weighted by Gasteiger charge is 2.41. The highest BCUT2D eigenvalue weighted by molar-refractivity contribution is 5.85. The third-order valence-corrected chi connectivity index (χ3v) is 5.29. The van der Waals surface area contributed by atoms with Crippen molar-refractivity contribution in [2.75, 3.05) is 26.7 Å². The normalized spacial score (nSPS) is 17.1. The minimum absolute atomic E-state index is 0.0613. The molecule has 1 N–H and O–H groups in total. The van der Waals surface area contributed by atoms with Crippen LogP contribution in [-0.2, 0) is 4.79 Å². The molecule has 1 atom stereocenters. The molecule has 0 aliphatic heterocycles. The van der Waals surface area contributed by atoms with Gasteiger partial charge in [0.2, 0.25) is 5.91 Å². The first kappa shape index (κ1) is 19.3. The number of ether oxygens (including phenoxy) is 1. The molecule has 0 aromatic heterocycles. The Kier molecular flexibility index (Phi) is 6.83. The Bertz CT molecular complexity index is 614. The second-order valence-electron chi connectivity index (χ2n) is 6.62. The molecule has 2 rings (SSSR count). The van der Waals surface area contributed by atoms with Gasteiger partial charge in [0, 0.05) is 6.54 Å². The van der Waals surface area contributed by atoms with Gasteiger partial charge in [-0.3, -0.25) is 9.69 Å². The number of hydrogen-bond donors (Lipinski definition) is 1. The molecule has 1 aliphatic carbocycles. The number of methoxy groups -OCH3 is 1. The van der Waals surface area contributed by atoms with Gasteiger partial charge in [0.15, 0.2) is 0 Å². The number of rotatable bonds is 8. The lowest BCUT2D eigenvalue weighted by molar-refractivity contribution is -0.128. The molecule has 25 heavy (non-hydrogen) atoms. The molecule has 1 amide bonds. The first-order valence-electron chi connectivity index (χ1n) is 9.17. The third-order valence-electron chi connectivity index (χ3n) is 5.29. The summed E-state index contributed by atoms with van der Waals surface area (Å²) in [4.78, 5) is 15.0. The fraction of sp³-hybridized carbons (Fsp3) is 0.600. The summed E-state index contributed by atoms with van der Waals surface area (Å²) < 4.78 is 5.34. The Morgan fingerprint density at radius 1 is 1.36 bits per heavy atom. The van der Waals surface area contributed by atoms with Crippen molar-refractivity contribution >= 4 is 5.91 Å². The molecule has 1 aliphatic rings. The van der Waals surface area contributed by atoms with E-state index >= 15 is 0 Å². The molecule has 136 valence electrons. The largest absolute Gasteiger partial charge is 0.497 e. The zero-order chi connectivity index (χ0) is 18.3. The SMILES string of the molecule is CCN(CC)C(CNC(=O)C1(C#N)CCCC1)c1cccc(OC)c1. The lowest BCUT2D eigenvalue weighted by Crippen LogP contribution is -2.43. The Morgan fingerprint density at radius 3 is 2.60 bits per heavy atom. The number of hydrogen-bond acceptors (Lipinski definition) is 4. The van der Waals surface area contributed by atoms with E-state index in [9.17, 15) is 10.1 Å². The van der Waals surface area contributed by atoms with E-state index in [0.717, 1.165) is 37.2 Å². The summed E-state index contributed by atoms with van der Waals surface area (Å²) in [7, 11) is 1.66. The van der Waals surface area contributed by atoms with E-state index in [4.69, 9.17) is 4.74 Å². The predicted octanol–water partition coefficient (Wildman–Crippen LogP) is 3.28. The third kappa shape index (κ3) is 4.32. The first-order chi connectivity index (χ1) is 12.1. The van der Waals surface area contributed by atoms with Crippen molar-refractivity contribution < 1.29 is 9.53 Å². The summed E-state index contributed by atoms with van der Waals surface area (Å²) >= 11 is 0. The van der Waals surface area contributed by atoms with Gasteiger partial charge < -0.3 is 10.1 Å². The van der Waals surface area contributed by atoms with Crippen molar-refractivity contribution in [2.45, 2.75) is 45.6 Å². The lowest BCUT2D eigenvalue weighted by Gasteiger charge is -2.31. The number of carbonyl (C=O) groups excluding carboxylic acids is 1. The number of nitrogens with zero attached hydrogens (tertiary/aromatic N) is 2. The topological polar surface area (TPSA) is 65.4 Å². The molecule has 0 saturated heterocycles. The van der Waals surface area contributed by atoms with Crippen LogP contribution < -0.4 is 10.1 Å². The number of likely N-dealkylation sites (N-methyl/N-ethyl adjacent to an activating group) is 1. The fourth-order valence-corrected chi connectivity index (χ4v) is 3.70. The monoisotopic (exact) mass is 343 g/mol. The molecular weight excluding hydrogens is 314 g/mol. The minimum atomic E-state index is -0.831. The standard InChI is InChI=1S/C20H29N3O2/c1-4-23(5-2)18(16-9-8-10-17(13-16)25-3)14-22-19(24)20(15-21)11-6-7-12-20/h8-10,13,18H,4-7,11-12,14H2,1-3H3,(H,22,24). The molecule has 1 unspecified atom stereocenters. The van der Waals surface area contributed by atoms with Crippen LogP contribution in [0.15, 0.2) is 24.3 Å². The summed E-state index contributed by atoms with van der Waals surface area (Å²) in [6.07, 6.45) is 3.25. The number of carbonyl (C=O) groups is 1. The highest BCUT2D eigenvalue weighted by atomic mass is 16.5. The van der Waals surface area contributed by atoms with E-state index in [-0.39, 0.29) is 11.9 Å². The zero-order valence-electron chi connectivity index (χ0n) is 15.5. The highest BCUT2D eigenvalue weighted by Crippen LogP contribution is 2.37. The summed E-state index contributed by atoms with van der Waals surface area (Å²) in [5.74, 6) is 0.692. The summed E-state index contributed by atoms with van der Waals surface area (Å²) in [5.41, 5.74) is 0.281. The van der Waals surface area contributed by atoms with Gasteiger partial charge in [-0.1, -0.05) is 38.8 Å². The number of nitrogens with one attached hydrogen (secondary N) is 1. The average Bonchev–Trinajstić information content (AvgIpc) is 3.15. The van der Waals surface area contributed by atoms with E-state index in [1.807, 2.05) is 18.2 Å². The molecule has 0 radical (unpaired) electrons. The van der Waals surface area contributed by atoms with Crippen molar-refractivity contribution in [1.29, 1.82) is 5.26 Å². The van der Waals surface area contributed by atoms with Crippen LogP contribution >= 0.6 is 0 Å². The quantitative estimate of drug-likeness (QED) is 0.787. The van der Waals surface area contributed by atoms with Gasteiger partial charge in [-0.25, -0.2) is 0 Å². The van der Waals surface area contributed by atoms with Crippen LogP contribution in [0.25, 0.3) is 0 Å². The van der Waals surface area contributed by atoms with Gasteiger partial charge in [-0.15, -0.1) is 0 Å². The van der Waals surface area contributed by atoms with Crippen LogP contribution in [-0.4, -0.2) is 37.6 Å². The Balaban J connectivity index is 2.16. The van der Waals surface area contributed by atoms with E-state index in [0.29, 0.717) is 19.4 Å². The van der Waals surface area contributed by atoms with E-state index in [1.165, 1.54) is 0 Å². The van der Waals surface area contributed by atoms with Crippen LogP contribution in [0.1, 0.15) is 51.1 Å². The van der Waals surface area contributed by atoms with E-state index in [1.54, 1.807) is 7.11 Å². The Hall–Kier alpha value is -2.06. The van der Waals surface area contributed by atoms with Gasteiger partial charge in [0.05, 0.1) is 19.2 Å². The molecular formula is C20H29N3O2. The molecule has 1 saturated carbocycles. The van der Waals surface area contributed by atoms with Crippen LogP contribution in [0.3, 0.4) is 0 Å². The molecule has 1 aromatic carbocycles. The first-order valence-corrected chi connectivity index (χ1v) is 9.17. The Morgan fingerprint density at radius 2 is 2.04 bits per heavy atom. The van der Waals surface area contributed by atoms with Crippen molar-refractivity contribution in [2.24, 2.45) is 5.41 Å². The van der Waals surface area contributed by atoms with Gasteiger partial charge in [-0.2, -0.15) is 5.26 Å². The van der Waals surface area contributed by atoms with Gasteiger partial charge in [-0.05, 0) is 43.6 Å². The van der Waals surface area contributed by atoms with Crippen molar-refractivity contribution in [1.82, 2.24) is 10.2 Å². The van der Waals surface area contributed by atoms with Crippen LogP contribution in [0.2, 0.25) is 0 Å². The molecule has 0 bridgehead atoms. The predicted molar refractivity (Wildman–Crippen MR) is 98.2 cm³/mol. The van der Waals surface area contributed by atoms with Crippen LogP contribution in [0, 0.1) is 16.7 Å². The second-order valence-corrected chi connectivity index (χ2v) is 6.62. The van der Waals surface area contributed by atoms with Crippen molar-refractivity contribution in [3.05, 3.63) is 29.8 Å². The van der Waals surface area contributed by atoms with Gasteiger partial charge in [0.1, 0.15) is 11.2 Å². The number of amides is 1. The maximum atomic E-state index is 12.7. The molecule has 0 heterocycles.